The van der Waals surface area contributed by atoms with E-state index in [1.807, 2.05) is 0 Å². The van der Waals surface area contributed by atoms with Crippen molar-refractivity contribution in [3.8, 4) is 0 Å². The Kier molecular flexibility index (Phi) is 4.65. The van der Waals surface area contributed by atoms with Crippen molar-refractivity contribution in [1.29, 1.82) is 0 Å². The fourth-order valence-electron chi connectivity index (χ4n) is 3.65. The predicted molar refractivity (Wildman–Crippen MR) is 85.2 cm³/mol. The van der Waals surface area contributed by atoms with Gasteiger partial charge in [0.1, 0.15) is 0 Å². The smallest absolute Gasteiger partial charge is 0.0453 e. The van der Waals surface area contributed by atoms with Crippen LogP contribution in [0.25, 0.3) is 0 Å². The number of hydrogen-bond acceptors (Lipinski definition) is 2. The summed E-state index contributed by atoms with van der Waals surface area (Å²) < 4.78 is 0. The number of likely N-dealkylation sites (tertiary alicyclic amines) is 1. The standard InChI is InChI=1S/C17H25ClN2/c1-13-4-5-15(16(18)11-13)12-20-9-6-14(7-10-20)17-3-2-8-19-17/h4-5,11,14,17,19H,2-3,6-10,12H2,1H3. The summed E-state index contributed by atoms with van der Waals surface area (Å²) in [4.78, 5) is 2.56. The van der Waals surface area contributed by atoms with Crippen LogP contribution in [0.15, 0.2) is 18.2 Å². The number of aryl methyl sites for hydroxylation is 1. The molecular weight excluding hydrogens is 268 g/mol. The Bertz CT molecular complexity index is 446. The highest BCUT2D eigenvalue weighted by molar-refractivity contribution is 6.31. The third-order valence-electron chi connectivity index (χ3n) is 4.90. The first-order valence-electron chi connectivity index (χ1n) is 7.93. The van der Waals surface area contributed by atoms with Gasteiger partial charge in [-0.25, -0.2) is 0 Å². The number of nitrogens with zero attached hydrogens (tertiary/aromatic N) is 1. The number of halogens is 1. The van der Waals surface area contributed by atoms with Crippen molar-refractivity contribution in [2.45, 2.75) is 45.2 Å². The minimum atomic E-state index is 0.792. The first-order chi connectivity index (χ1) is 9.72. The van der Waals surface area contributed by atoms with Gasteiger partial charge in [-0.05, 0) is 75.4 Å². The molecule has 3 rings (SSSR count). The van der Waals surface area contributed by atoms with Gasteiger partial charge in [-0.2, -0.15) is 0 Å². The molecule has 1 aromatic rings. The van der Waals surface area contributed by atoms with E-state index in [4.69, 9.17) is 11.6 Å². The van der Waals surface area contributed by atoms with E-state index in [1.54, 1.807) is 0 Å². The van der Waals surface area contributed by atoms with Crippen molar-refractivity contribution in [1.82, 2.24) is 10.2 Å². The Balaban J connectivity index is 1.53. The second-order valence-electron chi connectivity index (χ2n) is 6.41. The zero-order valence-corrected chi connectivity index (χ0v) is 13.1. The van der Waals surface area contributed by atoms with E-state index in [0.29, 0.717) is 0 Å². The molecule has 2 heterocycles. The zero-order chi connectivity index (χ0) is 13.9. The number of rotatable bonds is 3. The van der Waals surface area contributed by atoms with Gasteiger partial charge in [0.2, 0.25) is 0 Å². The summed E-state index contributed by atoms with van der Waals surface area (Å²) in [7, 11) is 0. The van der Waals surface area contributed by atoms with Crippen LogP contribution in [0.2, 0.25) is 5.02 Å². The number of piperidine rings is 1. The average Bonchev–Trinajstić information content (AvgIpc) is 2.97. The number of hydrogen-bond donors (Lipinski definition) is 1. The van der Waals surface area contributed by atoms with Gasteiger partial charge in [0.15, 0.2) is 0 Å². The molecule has 0 bridgehead atoms. The lowest BCUT2D eigenvalue weighted by Gasteiger charge is -2.35. The highest BCUT2D eigenvalue weighted by atomic mass is 35.5. The molecule has 1 unspecified atom stereocenters. The molecule has 0 saturated carbocycles. The minimum Gasteiger partial charge on any atom is -0.314 e. The average molecular weight is 293 g/mol. The van der Waals surface area contributed by atoms with Crippen molar-refractivity contribution >= 4 is 11.6 Å². The topological polar surface area (TPSA) is 15.3 Å². The molecule has 1 N–H and O–H groups in total. The van der Waals surface area contributed by atoms with E-state index in [2.05, 4.69) is 35.3 Å². The van der Waals surface area contributed by atoms with E-state index in [0.717, 1.165) is 23.5 Å². The highest BCUT2D eigenvalue weighted by Gasteiger charge is 2.28. The van der Waals surface area contributed by atoms with E-state index >= 15 is 0 Å². The second-order valence-corrected chi connectivity index (χ2v) is 6.82. The van der Waals surface area contributed by atoms with Gasteiger partial charge < -0.3 is 5.32 Å². The largest absolute Gasteiger partial charge is 0.314 e. The lowest BCUT2D eigenvalue weighted by Crippen LogP contribution is -2.40. The van der Waals surface area contributed by atoms with E-state index in [-0.39, 0.29) is 0 Å². The van der Waals surface area contributed by atoms with Gasteiger partial charge in [-0.15, -0.1) is 0 Å². The summed E-state index contributed by atoms with van der Waals surface area (Å²) in [6, 6.07) is 7.21. The van der Waals surface area contributed by atoms with Gasteiger partial charge in [0.05, 0.1) is 0 Å². The van der Waals surface area contributed by atoms with Crippen LogP contribution in [0.3, 0.4) is 0 Å². The quantitative estimate of drug-likeness (QED) is 0.915. The maximum absolute atomic E-state index is 6.34. The molecule has 20 heavy (non-hydrogen) atoms. The molecule has 0 aromatic heterocycles. The normalized spacial score (nSPS) is 25.2. The molecule has 2 aliphatic rings. The molecule has 0 aliphatic carbocycles. The summed E-state index contributed by atoms with van der Waals surface area (Å²) in [5.41, 5.74) is 2.51. The monoisotopic (exact) mass is 292 g/mol. The zero-order valence-electron chi connectivity index (χ0n) is 12.4. The molecule has 1 aromatic carbocycles. The van der Waals surface area contributed by atoms with Crippen LogP contribution in [-0.4, -0.2) is 30.6 Å². The van der Waals surface area contributed by atoms with Gasteiger partial charge in [-0.3, -0.25) is 4.90 Å². The van der Waals surface area contributed by atoms with Gasteiger partial charge in [0, 0.05) is 17.6 Å². The summed E-state index contributed by atoms with van der Waals surface area (Å²) in [6.07, 6.45) is 5.42. The molecule has 3 heteroatoms. The van der Waals surface area contributed by atoms with Crippen molar-refractivity contribution in [2.24, 2.45) is 5.92 Å². The Labute approximate surface area is 127 Å². The fraction of sp³-hybridized carbons (Fsp3) is 0.647. The van der Waals surface area contributed by atoms with Crippen LogP contribution in [0.1, 0.15) is 36.8 Å². The van der Waals surface area contributed by atoms with Gasteiger partial charge in [0.25, 0.3) is 0 Å². The van der Waals surface area contributed by atoms with E-state index in [1.165, 1.54) is 56.4 Å². The van der Waals surface area contributed by atoms with E-state index in [9.17, 15) is 0 Å². The van der Waals surface area contributed by atoms with Crippen LogP contribution in [0, 0.1) is 12.8 Å². The fourth-order valence-corrected chi connectivity index (χ4v) is 3.94. The lowest BCUT2D eigenvalue weighted by atomic mass is 9.88. The molecule has 2 nitrogen and oxygen atoms in total. The molecule has 0 radical (unpaired) electrons. The van der Waals surface area contributed by atoms with E-state index < -0.39 is 0 Å². The first kappa shape index (κ1) is 14.4. The van der Waals surface area contributed by atoms with Crippen molar-refractivity contribution in [2.75, 3.05) is 19.6 Å². The Hall–Kier alpha value is -0.570. The predicted octanol–water partition coefficient (Wildman–Crippen LogP) is 3.61. The summed E-state index contributed by atoms with van der Waals surface area (Å²) >= 11 is 6.34. The van der Waals surface area contributed by atoms with Gasteiger partial charge in [-0.1, -0.05) is 23.7 Å². The summed E-state index contributed by atoms with van der Waals surface area (Å²) in [5.74, 6) is 0.891. The molecule has 0 amide bonds. The third-order valence-corrected chi connectivity index (χ3v) is 5.25. The lowest BCUT2D eigenvalue weighted by molar-refractivity contribution is 0.157. The minimum absolute atomic E-state index is 0.792. The van der Waals surface area contributed by atoms with Crippen LogP contribution in [0.4, 0.5) is 0 Å². The molecule has 0 spiro atoms. The first-order valence-corrected chi connectivity index (χ1v) is 8.31. The van der Waals surface area contributed by atoms with Crippen LogP contribution < -0.4 is 5.32 Å². The Morgan fingerprint density at radius 2 is 2.05 bits per heavy atom. The molecule has 110 valence electrons. The van der Waals surface area contributed by atoms with Crippen molar-refractivity contribution in [3.63, 3.8) is 0 Å². The van der Waals surface area contributed by atoms with Crippen LogP contribution in [-0.2, 0) is 6.54 Å². The van der Waals surface area contributed by atoms with Crippen molar-refractivity contribution < 1.29 is 0 Å². The van der Waals surface area contributed by atoms with Crippen LogP contribution >= 0.6 is 11.6 Å². The maximum Gasteiger partial charge on any atom is 0.0453 e. The van der Waals surface area contributed by atoms with Gasteiger partial charge >= 0.3 is 0 Å². The Morgan fingerprint density at radius 3 is 2.70 bits per heavy atom. The molecule has 2 fully saturated rings. The second kappa shape index (κ2) is 6.46. The summed E-state index contributed by atoms with van der Waals surface area (Å²) in [5, 5.41) is 4.59. The van der Waals surface area contributed by atoms with Crippen molar-refractivity contribution in [3.05, 3.63) is 34.3 Å². The molecular formula is C17H25ClN2. The molecule has 2 aliphatic heterocycles. The number of nitrogens with one attached hydrogen (secondary N) is 1. The maximum atomic E-state index is 6.34. The molecule has 2 saturated heterocycles. The van der Waals surface area contributed by atoms with Crippen LogP contribution in [0.5, 0.6) is 0 Å². The molecule has 1 atom stereocenters. The third kappa shape index (κ3) is 3.36. The number of benzene rings is 1. The summed E-state index contributed by atoms with van der Waals surface area (Å²) in [6.45, 7) is 6.75. The highest BCUT2D eigenvalue weighted by Crippen LogP contribution is 2.27. The SMILES string of the molecule is Cc1ccc(CN2CCC(C3CCCN3)CC2)c(Cl)c1. The Morgan fingerprint density at radius 1 is 1.25 bits per heavy atom.